The van der Waals surface area contributed by atoms with Crippen LogP contribution in [0.3, 0.4) is 0 Å². The van der Waals surface area contributed by atoms with Gasteiger partial charge in [0.25, 0.3) is 0 Å². The molecule has 0 spiro atoms. The maximum Gasteiger partial charge on any atom is 0.227 e. The molecule has 1 aliphatic rings. The third-order valence-corrected chi connectivity index (χ3v) is 6.01. The van der Waals surface area contributed by atoms with Crippen molar-refractivity contribution in [3.8, 4) is 11.3 Å². The number of sulfone groups is 1. The van der Waals surface area contributed by atoms with E-state index < -0.39 is 15.7 Å². The van der Waals surface area contributed by atoms with Gasteiger partial charge in [-0.15, -0.1) is 0 Å². The number of hydrogen-bond acceptors (Lipinski definition) is 6. The maximum absolute atomic E-state index is 14.0. The summed E-state index contributed by atoms with van der Waals surface area (Å²) in [5.74, 6) is -0.595. The van der Waals surface area contributed by atoms with E-state index in [0.717, 1.165) is 29.6 Å². The van der Waals surface area contributed by atoms with Crippen LogP contribution in [0.15, 0.2) is 53.7 Å². The fraction of sp³-hybridized carbons (Fsp3) is 0.261. The van der Waals surface area contributed by atoms with E-state index in [9.17, 15) is 12.8 Å². The van der Waals surface area contributed by atoms with Crippen molar-refractivity contribution >= 4 is 27.7 Å². The lowest BCUT2D eigenvalue weighted by Gasteiger charge is -2.28. The van der Waals surface area contributed by atoms with Gasteiger partial charge in [-0.25, -0.2) is 22.8 Å². The average molecular weight is 439 g/mol. The molecule has 1 aliphatic heterocycles. The minimum absolute atomic E-state index is 0.0572. The van der Waals surface area contributed by atoms with Crippen LogP contribution in [0.2, 0.25) is 0 Å². The number of halogens is 1. The molecule has 0 amide bonds. The highest BCUT2D eigenvalue weighted by atomic mass is 32.2. The summed E-state index contributed by atoms with van der Waals surface area (Å²) in [6, 6.07) is 12.2. The predicted octanol–water partition coefficient (Wildman–Crippen LogP) is 4.28. The molecule has 1 aromatic heterocycles. The third-order valence-electron chi connectivity index (χ3n) is 5.17. The van der Waals surface area contributed by atoms with Crippen molar-refractivity contribution in [3.63, 3.8) is 0 Å². The van der Waals surface area contributed by atoms with Gasteiger partial charge in [-0.1, -0.05) is 26.0 Å². The molecule has 8 heteroatoms. The van der Waals surface area contributed by atoms with Gasteiger partial charge in [0.05, 0.1) is 11.4 Å². The third kappa shape index (κ3) is 4.80. The zero-order valence-electron chi connectivity index (χ0n) is 17.6. The number of hydrogen-bond donors (Lipinski definition) is 1. The number of fused-ring (bicyclic) bond motifs is 1. The average Bonchev–Trinajstić information content (AvgIpc) is 2.69. The summed E-state index contributed by atoms with van der Waals surface area (Å²) in [7, 11) is -3.36. The monoisotopic (exact) mass is 438 g/mol. The molecule has 2 heterocycles. The quantitative estimate of drug-likeness (QED) is 0.643. The summed E-state index contributed by atoms with van der Waals surface area (Å²) in [4.78, 5) is 13.3. The molecule has 0 atom stereocenters. The number of nitrogens with one attached hydrogen (secondary N) is 1. The van der Waals surface area contributed by atoms with E-state index in [1.807, 2.05) is 24.4 Å². The summed E-state index contributed by atoms with van der Waals surface area (Å²) < 4.78 is 37.1. The van der Waals surface area contributed by atoms with E-state index in [2.05, 4.69) is 40.2 Å². The molecule has 0 radical (unpaired) electrons. The van der Waals surface area contributed by atoms with Crippen LogP contribution in [0.5, 0.6) is 0 Å². The molecule has 0 bridgehead atoms. The van der Waals surface area contributed by atoms with Crippen LogP contribution in [0.4, 0.5) is 16.0 Å². The van der Waals surface area contributed by atoms with Crippen LogP contribution >= 0.6 is 0 Å². The highest BCUT2D eigenvalue weighted by molar-refractivity contribution is 7.89. The second-order valence-electron chi connectivity index (χ2n) is 8.42. The smallest absolute Gasteiger partial charge is 0.227 e. The van der Waals surface area contributed by atoms with Gasteiger partial charge in [0.2, 0.25) is 5.95 Å². The molecule has 31 heavy (non-hydrogen) atoms. The molecular formula is C23H23FN4O2S. The fourth-order valence-electron chi connectivity index (χ4n) is 3.63. The Labute approximate surface area is 181 Å². The Bertz CT molecular complexity index is 1290. The largest absolute Gasteiger partial charge is 0.324 e. The normalized spacial score (nSPS) is 14.8. The van der Waals surface area contributed by atoms with Gasteiger partial charge in [-0.3, -0.25) is 4.99 Å². The van der Waals surface area contributed by atoms with Gasteiger partial charge in [-0.05, 0) is 41.5 Å². The minimum Gasteiger partial charge on any atom is -0.324 e. The first-order valence-electron chi connectivity index (χ1n) is 9.82. The van der Waals surface area contributed by atoms with E-state index in [-0.39, 0.29) is 16.7 Å². The van der Waals surface area contributed by atoms with Crippen LogP contribution < -0.4 is 5.32 Å². The number of rotatable bonds is 5. The second kappa shape index (κ2) is 7.85. The number of anilines is 2. The molecule has 0 saturated heterocycles. The van der Waals surface area contributed by atoms with Crippen LogP contribution in [-0.2, 0) is 21.0 Å². The number of aliphatic imine (C=N–C) groups is 1. The molecule has 3 aromatic rings. The van der Waals surface area contributed by atoms with Crippen molar-refractivity contribution in [2.45, 2.75) is 25.0 Å². The summed E-state index contributed by atoms with van der Waals surface area (Å²) >= 11 is 0. The lowest BCUT2D eigenvalue weighted by Crippen LogP contribution is -2.26. The van der Waals surface area contributed by atoms with E-state index >= 15 is 0 Å². The van der Waals surface area contributed by atoms with E-state index in [4.69, 9.17) is 0 Å². The Morgan fingerprint density at radius 2 is 1.94 bits per heavy atom. The first kappa shape index (κ1) is 21.1. The van der Waals surface area contributed by atoms with Gasteiger partial charge < -0.3 is 5.32 Å². The van der Waals surface area contributed by atoms with Crippen LogP contribution in [0, 0.1) is 5.82 Å². The molecule has 6 nitrogen and oxygen atoms in total. The molecule has 2 aromatic carbocycles. The second-order valence-corrected chi connectivity index (χ2v) is 10.6. The number of nitrogens with zero attached hydrogens (tertiary/aromatic N) is 3. The highest BCUT2D eigenvalue weighted by Crippen LogP contribution is 2.32. The van der Waals surface area contributed by atoms with E-state index in [0.29, 0.717) is 11.6 Å². The van der Waals surface area contributed by atoms with Crippen LogP contribution in [0.25, 0.3) is 11.3 Å². The molecule has 0 unspecified atom stereocenters. The molecule has 160 valence electrons. The molecule has 1 N–H and O–H groups in total. The van der Waals surface area contributed by atoms with Gasteiger partial charge in [0, 0.05) is 47.4 Å². The Morgan fingerprint density at radius 3 is 2.71 bits per heavy atom. The maximum atomic E-state index is 14.0. The van der Waals surface area contributed by atoms with E-state index in [1.165, 1.54) is 23.8 Å². The van der Waals surface area contributed by atoms with Gasteiger partial charge in [-0.2, -0.15) is 0 Å². The molecule has 0 fully saturated rings. The minimum atomic E-state index is -3.36. The number of benzene rings is 2. The standard InChI is InChI=1S/C23H23FN4O2S/c1-23(2)14-25-12-16-5-4-15(11-19(16)23)21-8-9-26-22(28-21)27-18-6-7-20(24)17(10-18)13-31(3,29)30/h4-12H,13-14H2,1-3H3,(H,26,27,28). The zero-order chi connectivity index (χ0) is 22.2. The van der Waals surface area contributed by atoms with E-state index in [1.54, 1.807) is 6.20 Å². The Hall–Kier alpha value is -3.13. The molecule has 0 aliphatic carbocycles. The van der Waals surface area contributed by atoms with Crippen molar-refractivity contribution in [1.82, 2.24) is 9.97 Å². The fourth-order valence-corrected chi connectivity index (χ4v) is 4.41. The lowest BCUT2D eigenvalue weighted by atomic mass is 9.79. The first-order valence-corrected chi connectivity index (χ1v) is 11.9. The number of aromatic nitrogens is 2. The van der Waals surface area contributed by atoms with Crippen LogP contribution in [-0.4, -0.2) is 37.4 Å². The van der Waals surface area contributed by atoms with Crippen molar-refractivity contribution in [3.05, 3.63) is 71.2 Å². The van der Waals surface area contributed by atoms with Crippen molar-refractivity contribution in [1.29, 1.82) is 0 Å². The topological polar surface area (TPSA) is 84.3 Å². The lowest BCUT2D eigenvalue weighted by molar-refractivity contribution is 0.534. The highest BCUT2D eigenvalue weighted by Gasteiger charge is 2.26. The van der Waals surface area contributed by atoms with Crippen molar-refractivity contribution < 1.29 is 12.8 Å². The van der Waals surface area contributed by atoms with Gasteiger partial charge in [0.15, 0.2) is 9.84 Å². The summed E-state index contributed by atoms with van der Waals surface area (Å²) in [5.41, 5.74) is 4.59. The molecule has 4 rings (SSSR count). The zero-order valence-corrected chi connectivity index (χ0v) is 18.4. The first-order chi connectivity index (χ1) is 14.6. The molecule has 0 saturated carbocycles. The van der Waals surface area contributed by atoms with Crippen molar-refractivity contribution in [2.24, 2.45) is 4.99 Å². The van der Waals surface area contributed by atoms with Crippen molar-refractivity contribution in [2.75, 3.05) is 18.1 Å². The Kier molecular flexibility index (Phi) is 5.35. The van der Waals surface area contributed by atoms with Crippen LogP contribution in [0.1, 0.15) is 30.5 Å². The SMILES string of the molecule is CC1(C)CN=Cc2ccc(-c3ccnc(Nc4ccc(F)c(CS(C)(=O)=O)c4)n3)cc21. The predicted molar refractivity (Wildman–Crippen MR) is 121 cm³/mol. The molecular weight excluding hydrogens is 415 g/mol. The Morgan fingerprint density at radius 1 is 1.13 bits per heavy atom. The Balaban J connectivity index is 1.63. The summed E-state index contributed by atoms with van der Waals surface area (Å²) in [6.45, 7) is 5.07. The summed E-state index contributed by atoms with van der Waals surface area (Å²) in [6.07, 6.45) is 4.63. The summed E-state index contributed by atoms with van der Waals surface area (Å²) in [5, 5.41) is 3.04. The van der Waals surface area contributed by atoms with Gasteiger partial charge in [0.1, 0.15) is 5.82 Å². The van der Waals surface area contributed by atoms with Gasteiger partial charge >= 0.3 is 0 Å².